The summed E-state index contributed by atoms with van der Waals surface area (Å²) in [6.07, 6.45) is 4.79. The van der Waals surface area contributed by atoms with Crippen LogP contribution in [0.3, 0.4) is 0 Å². The van der Waals surface area contributed by atoms with E-state index in [1.54, 1.807) is 0 Å². The van der Waals surface area contributed by atoms with Gasteiger partial charge in [-0.05, 0) is 59.0 Å². The molecule has 0 aliphatic rings. The molecule has 4 aromatic rings. The zero-order valence-electron chi connectivity index (χ0n) is 15.6. The second-order valence-corrected chi connectivity index (χ2v) is 7.50. The minimum atomic E-state index is 0.415. The van der Waals surface area contributed by atoms with E-state index in [9.17, 15) is 0 Å². The smallest absolute Gasteiger partial charge is 0.0702 e. The molecule has 2 aromatic heterocycles. The van der Waals surface area contributed by atoms with E-state index in [0.29, 0.717) is 11.8 Å². The molecule has 1 atom stereocenters. The van der Waals surface area contributed by atoms with E-state index in [4.69, 9.17) is 4.98 Å². The third-order valence-corrected chi connectivity index (χ3v) is 5.18. The molecule has 0 fully saturated rings. The van der Waals surface area contributed by atoms with E-state index in [-0.39, 0.29) is 0 Å². The third-order valence-electron chi connectivity index (χ3n) is 5.18. The van der Waals surface area contributed by atoms with Crippen molar-refractivity contribution in [2.45, 2.75) is 39.0 Å². The summed E-state index contributed by atoms with van der Waals surface area (Å²) in [6.45, 7) is 6.74. The quantitative estimate of drug-likeness (QED) is 0.438. The number of hydrogen-bond donors (Lipinski definition) is 0. The summed E-state index contributed by atoms with van der Waals surface area (Å²) < 4.78 is 0. The van der Waals surface area contributed by atoms with Gasteiger partial charge in [0.15, 0.2) is 0 Å². The monoisotopic (exact) mass is 340 g/mol. The molecule has 1 unspecified atom stereocenters. The molecule has 2 nitrogen and oxygen atoms in total. The zero-order chi connectivity index (χ0) is 18.1. The summed E-state index contributed by atoms with van der Waals surface area (Å²) >= 11 is 0. The minimum Gasteiger partial charge on any atom is -0.261 e. The number of pyridine rings is 2. The zero-order valence-corrected chi connectivity index (χ0v) is 15.6. The van der Waals surface area contributed by atoms with Gasteiger partial charge in [0.1, 0.15) is 0 Å². The van der Waals surface area contributed by atoms with Gasteiger partial charge in [-0.2, -0.15) is 0 Å². The average molecular weight is 340 g/mol. The molecule has 130 valence electrons. The molecule has 0 spiro atoms. The van der Waals surface area contributed by atoms with Gasteiger partial charge in [0.05, 0.1) is 5.52 Å². The van der Waals surface area contributed by atoms with Crippen molar-refractivity contribution in [2.75, 3.05) is 0 Å². The number of fused-ring (bicyclic) bond motifs is 2. The summed E-state index contributed by atoms with van der Waals surface area (Å²) in [5.74, 6) is 0.957. The second-order valence-electron chi connectivity index (χ2n) is 7.50. The maximum absolute atomic E-state index is 4.70. The van der Waals surface area contributed by atoms with Crippen molar-refractivity contribution in [3.8, 4) is 0 Å². The molecule has 26 heavy (non-hydrogen) atoms. The first-order valence-electron chi connectivity index (χ1n) is 9.33. The summed E-state index contributed by atoms with van der Waals surface area (Å²) in [4.78, 5) is 9.11. The Kier molecular flexibility index (Phi) is 4.42. The highest BCUT2D eigenvalue weighted by Crippen LogP contribution is 2.26. The Morgan fingerprint density at radius 3 is 2.42 bits per heavy atom. The fourth-order valence-electron chi connectivity index (χ4n) is 3.51. The first-order valence-corrected chi connectivity index (χ1v) is 9.33. The van der Waals surface area contributed by atoms with Crippen LogP contribution >= 0.6 is 0 Å². The van der Waals surface area contributed by atoms with Crippen LogP contribution in [0, 0.1) is 0 Å². The van der Waals surface area contributed by atoms with Crippen LogP contribution in [0.5, 0.6) is 0 Å². The fourth-order valence-corrected chi connectivity index (χ4v) is 3.51. The van der Waals surface area contributed by atoms with E-state index in [1.165, 1.54) is 27.3 Å². The van der Waals surface area contributed by atoms with Crippen LogP contribution in [0.25, 0.3) is 21.7 Å². The standard InChI is InChI=1S/C24H24N2/c1-16(2)18-6-7-21-15-26-23(14-22(21)12-18)11-17(3)19-8-9-24-20(13-19)5-4-10-25-24/h4-10,12-17H,11H2,1-3H3. The van der Waals surface area contributed by atoms with Gasteiger partial charge in [0, 0.05) is 28.9 Å². The van der Waals surface area contributed by atoms with E-state index < -0.39 is 0 Å². The molecular formula is C24H24N2. The van der Waals surface area contributed by atoms with Gasteiger partial charge in [-0.25, -0.2) is 0 Å². The van der Waals surface area contributed by atoms with Crippen molar-refractivity contribution in [1.82, 2.24) is 9.97 Å². The Hall–Kier alpha value is -2.74. The lowest BCUT2D eigenvalue weighted by Gasteiger charge is -2.13. The Morgan fingerprint density at radius 2 is 1.58 bits per heavy atom. The number of nitrogens with zero attached hydrogens (tertiary/aromatic N) is 2. The molecule has 0 amide bonds. The van der Waals surface area contributed by atoms with Crippen molar-refractivity contribution >= 4 is 21.7 Å². The van der Waals surface area contributed by atoms with Crippen LogP contribution in [-0.2, 0) is 6.42 Å². The van der Waals surface area contributed by atoms with Gasteiger partial charge in [-0.1, -0.05) is 51.1 Å². The molecule has 0 aliphatic carbocycles. The van der Waals surface area contributed by atoms with Crippen molar-refractivity contribution < 1.29 is 0 Å². The Labute approximate surface area is 154 Å². The summed E-state index contributed by atoms with van der Waals surface area (Å²) in [5.41, 5.74) is 4.92. The second kappa shape index (κ2) is 6.87. The molecule has 2 heterocycles. The van der Waals surface area contributed by atoms with Gasteiger partial charge in [-0.15, -0.1) is 0 Å². The van der Waals surface area contributed by atoms with Crippen LogP contribution in [0.1, 0.15) is 49.4 Å². The largest absolute Gasteiger partial charge is 0.261 e. The van der Waals surface area contributed by atoms with Crippen molar-refractivity contribution in [3.63, 3.8) is 0 Å². The lowest BCUT2D eigenvalue weighted by molar-refractivity contribution is 0.743. The third kappa shape index (κ3) is 3.32. The molecule has 0 saturated carbocycles. The predicted molar refractivity (Wildman–Crippen MR) is 110 cm³/mol. The topological polar surface area (TPSA) is 25.8 Å². The van der Waals surface area contributed by atoms with Crippen LogP contribution in [0.2, 0.25) is 0 Å². The normalized spacial score (nSPS) is 12.8. The van der Waals surface area contributed by atoms with E-state index in [1.807, 2.05) is 18.5 Å². The molecule has 0 N–H and O–H groups in total. The minimum absolute atomic E-state index is 0.415. The van der Waals surface area contributed by atoms with Crippen molar-refractivity contribution in [3.05, 3.63) is 83.8 Å². The van der Waals surface area contributed by atoms with Gasteiger partial charge < -0.3 is 0 Å². The van der Waals surface area contributed by atoms with Crippen molar-refractivity contribution in [1.29, 1.82) is 0 Å². The first-order chi connectivity index (χ1) is 12.6. The lowest BCUT2D eigenvalue weighted by atomic mass is 9.93. The SMILES string of the molecule is CC(C)c1ccc2cnc(CC(C)c3ccc4ncccc4c3)cc2c1. The number of hydrogen-bond acceptors (Lipinski definition) is 2. The van der Waals surface area contributed by atoms with Gasteiger partial charge in [0.25, 0.3) is 0 Å². The van der Waals surface area contributed by atoms with E-state index in [0.717, 1.165) is 17.6 Å². The highest BCUT2D eigenvalue weighted by atomic mass is 14.7. The average Bonchev–Trinajstić information content (AvgIpc) is 2.67. The predicted octanol–water partition coefficient (Wildman–Crippen LogP) is 6.25. The van der Waals surface area contributed by atoms with Crippen LogP contribution in [-0.4, -0.2) is 9.97 Å². The van der Waals surface area contributed by atoms with E-state index in [2.05, 4.69) is 74.3 Å². The van der Waals surface area contributed by atoms with Gasteiger partial charge in [0.2, 0.25) is 0 Å². The van der Waals surface area contributed by atoms with Gasteiger partial charge in [-0.3, -0.25) is 9.97 Å². The molecular weight excluding hydrogens is 316 g/mol. The van der Waals surface area contributed by atoms with Crippen LogP contribution in [0.15, 0.2) is 67.0 Å². The van der Waals surface area contributed by atoms with Gasteiger partial charge >= 0.3 is 0 Å². The number of aromatic nitrogens is 2. The maximum atomic E-state index is 4.70. The van der Waals surface area contributed by atoms with Crippen molar-refractivity contribution in [2.24, 2.45) is 0 Å². The molecule has 0 saturated heterocycles. The first kappa shape index (κ1) is 16.7. The summed E-state index contributed by atoms with van der Waals surface area (Å²) in [5, 5.41) is 3.70. The summed E-state index contributed by atoms with van der Waals surface area (Å²) in [6, 6.07) is 19.6. The molecule has 0 radical (unpaired) electrons. The molecule has 0 aliphatic heterocycles. The lowest BCUT2D eigenvalue weighted by Crippen LogP contribution is -2.01. The molecule has 2 aromatic carbocycles. The van der Waals surface area contributed by atoms with Crippen LogP contribution in [0.4, 0.5) is 0 Å². The van der Waals surface area contributed by atoms with E-state index >= 15 is 0 Å². The molecule has 0 bridgehead atoms. The Balaban J connectivity index is 1.62. The molecule has 2 heteroatoms. The Bertz CT molecular complexity index is 1070. The fraction of sp³-hybridized carbons (Fsp3) is 0.250. The molecule has 4 rings (SSSR count). The summed E-state index contributed by atoms with van der Waals surface area (Å²) in [7, 11) is 0. The Morgan fingerprint density at radius 1 is 0.769 bits per heavy atom. The maximum Gasteiger partial charge on any atom is 0.0702 e. The highest BCUT2D eigenvalue weighted by Gasteiger charge is 2.10. The highest BCUT2D eigenvalue weighted by molar-refractivity contribution is 5.83. The number of rotatable bonds is 4. The number of benzene rings is 2. The van der Waals surface area contributed by atoms with Crippen LogP contribution < -0.4 is 0 Å².